The van der Waals surface area contributed by atoms with Crippen LogP contribution in [0.1, 0.15) is 169 Å². The molecule has 9 heterocycles. The number of benzene rings is 5. The quantitative estimate of drug-likeness (QED) is 0.0214. The molecular weight excluding hydrogens is 1920 g/mol. The van der Waals surface area contributed by atoms with E-state index >= 15 is 0 Å². The monoisotopic (exact) mass is 2010 g/mol. The van der Waals surface area contributed by atoms with Crippen molar-refractivity contribution in [1.29, 1.82) is 0 Å². The molecule has 17 rings (SSSR count). The van der Waals surface area contributed by atoms with E-state index in [1.165, 1.54) is 120 Å². The average Bonchev–Trinajstić information content (AvgIpc) is 1.61. The standard InChI is InChI=1S/C17H18N4O3.C17H20N4O.C14H13N3O3.C11H18BNO3.C9H7BrN2O2.C6H6BrN3O2.C5H8O2.C4H7Br.2Na.O4S2/c1-9-16(10(2)24-19-9)13-6-14-17(15(7-13)21(22)23)18-11(3)20(14)8-12-4-5-12;1-9-16(10(2)22-20-9)13-6-14(18)17-15(7-13)21(11(3)19-17)8-12-4-5-12;1-7-4-11-5-10(13-8(2)16-20-9(13)3)6-12(17(18)19)14(11)15-7;1-7-9(8(2)14-13-7)12-15-10(3,4)11(5,6)16-12;1-5-2-6-3-7(12(13)14)4-8(10)9(6)11-5;7-3-1-4(8)6(9)5(2-3)10(11)12;1-4(6)3-5(2)7;5-3-4-1-2-4;;;1-5(2)6(3)4/h6-7,12H,4-5,8H2,1-3H3;6-7,12H,4-5,8,18H2,1-3H3;5-6H,4H2,1-3H3;1-6H3;3-4H,2H2,1H3;1-2H,8-9H2;3H2,1-2H3;4H,1-3H2;;;. The summed E-state index contributed by atoms with van der Waals surface area (Å²) in [6, 6.07) is 17.1. The van der Waals surface area contributed by atoms with Crippen LogP contribution in [0.4, 0.5) is 51.2 Å². The van der Waals surface area contributed by atoms with Crippen LogP contribution < -0.4 is 22.7 Å². The summed E-state index contributed by atoms with van der Waals surface area (Å²) in [6.07, 6.45) is 9.42. The number of aryl methyl sites for hydroxylation is 10. The number of hydrogen-bond donors (Lipinski definition) is 3. The average molecular weight is 2010 g/mol. The Kier molecular flexibility index (Phi) is 36.5. The molecule has 4 fully saturated rings. The van der Waals surface area contributed by atoms with Gasteiger partial charge in [0.25, 0.3) is 22.7 Å². The minimum atomic E-state index is -2.95. The zero-order valence-electron chi connectivity index (χ0n) is 74.7. The van der Waals surface area contributed by atoms with Crippen LogP contribution in [0.5, 0.6) is 0 Å². The van der Waals surface area contributed by atoms with Crippen LogP contribution in [0.2, 0.25) is 0 Å². The second kappa shape index (κ2) is 45.0. The minimum absolute atomic E-state index is 0.00296. The van der Waals surface area contributed by atoms with Crippen molar-refractivity contribution in [3.63, 3.8) is 0 Å². The number of halogens is 3. The molecule has 128 heavy (non-hydrogen) atoms. The Hall–Kier alpha value is -9.38. The zero-order valence-corrected chi connectivity index (χ0v) is 85.1. The molecule has 3 saturated carbocycles. The van der Waals surface area contributed by atoms with Crippen molar-refractivity contribution in [1.82, 2.24) is 39.7 Å². The molecule has 672 valence electrons. The van der Waals surface area contributed by atoms with Gasteiger partial charge >= 0.3 is 69.3 Å². The first-order chi connectivity index (χ1) is 60.0. The molecule has 6 aliphatic rings. The van der Waals surface area contributed by atoms with E-state index in [0.29, 0.717) is 56.1 Å². The van der Waals surface area contributed by atoms with Gasteiger partial charge in [-0.15, -0.1) is 0 Å². The first-order valence-electron chi connectivity index (χ1n) is 40.6. The molecule has 0 bridgehead atoms. The van der Waals surface area contributed by atoms with Crippen molar-refractivity contribution in [2.45, 2.75) is 207 Å². The molecule has 1 saturated heterocycles. The molecule has 6 aromatic heterocycles. The number of aliphatic imine (C=N–C) groups is 2. The van der Waals surface area contributed by atoms with Gasteiger partial charge in [-0.25, -0.2) is 9.97 Å². The number of rotatable bonds is 15. The maximum absolute atomic E-state index is 11.6. The fourth-order valence-corrected chi connectivity index (χ4v) is 15.5. The van der Waals surface area contributed by atoms with E-state index < -0.39 is 28.4 Å². The van der Waals surface area contributed by atoms with Crippen molar-refractivity contribution in [2.75, 3.05) is 22.5 Å². The van der Waals surface area contributed by atoms with E-state index in [0.717, 1.165) is 155 Å². The van der Waals surface area contributed by atoms with Crippen molar-refractivity contribution in [3.8, 4) is 33.4 Å². The first-order valence-corrected chi connectivity index (χ1v) is 54.0. The Morgan fingerprint density at radius 1 is 0.508 bits per heavy atom. The number of nitrogens with two attached hydrogens (primary N) is 3. The number of non-ortho nitro benzene ring substituents is 2. The number of Topliss-reactive ketones (excluding diaryl/α,β-unsaturated/α-hetero) is 2. The van der Waals surface area contributed by atoms with Crippen molar-refractivity contribution >= 4 is 219 Å². The van der Waals surface area contributed by atoms with Crippen LogP contribution in [0.3, 0.4) is 0 Å². The van der Waals surface area contributed by atoms with Gasteiger partial charge < -0.3 is 53.7 Å². The summed E-state index contributed by atoms with van der Waals surface area (Å²) in [5.74, 6) is 7.12. The van der Waals surface area contributed by atoms with Crippen LogP contribution >= 0.6 is 47.8 Å². The predicted octanol–water partition coefficient (Wildman–Crippen LogP) is 17.4. The Bertz CT molecular complexity index is 6280. The molecule has 0 spiro atoms. The summed E-state index contributed by atoms with van der Waals surface area (Å²) in [5, 5.41) is 60.9. The third-order valence-corrected chi connectivity index (χ3v) is 24.1. The Labute approximate surface area is 793 Å². The Morgan fingerprint density at radius 3 is 1.28 bits per heavy atom. The van der Waals surface area contributed by atoms with Gasteiger partial charge in [-0.1, -0.05) is 52.5 Å². The molecule has 3 aliphatic heterocycles. The van der Waals surface area contributed by atoms with E-state index in [1.807, 2.05) is 115 Å². The number of fused-ring (bicyclic) bond motifs is 4. The summed E-state index contributed by atoms with van der Waals surface area (Å²) in [4.78, 5) is 79.8. The van der Waals surface area contributed by atoms with Crippen LogP contribution in [0, 0.1) is 127 Å². The van der Waals surface area contributed by atoms with E-state index in [1.54, 1.807) is 25.1 Å². The molecule has 6 N–H and O–H groups in total. The number of nitrogen functional groups attached to an aromatic ring is 3. The predicted molar refractivity (Wildman–Crippen MR) is 500 cm³/mol. The molecule has 45 heteroatoms. The number of nitrogens with zero attached hydrogens (tertiary/aromatic N) is 14. The van der Waals surface area contributed by atoms with Crippen molar-refractivity contribution in [3.05, 3.63) is 179 Å². The van der Waals surface area contributed by atoms with Crippen molar-refractivity contribution in [2.24, 2.45) is 27.7 Å². The molecule has 0 radical (unpaired) electrons. The number of hydrogen-bond acceptors (Lipinski definition) is 31. The summed E-state index contributed by atoms with van der Waals surface area (Å²) in [6.45, 7) is 35.5. The maximum atomic E-state index is 11.6. The number of carbonyl (C=O) groups excluding carboxylic acids is 2. The summed E-state index contributed by atoms with van der Waals surface area (Å²) >= 11 is 12.6. The normalized spacial score (nSPS) is 14.4. The zero-order chi connectivity index (χ0) is 95.3. The third kappa shape index (κ3) is 26.9. The van der Waals surface area contributed by atoms with Gasteiger partial charge in [-0.05, 0) is 255 Å². The van der Waals surface area contributed by atoms with Gasteiger partial charge in [0.2, 0.25) is 0 Å². The number of ketones is 2. The Morgan fingerprint density at radius 2 is 0.906 bits per heavy atom. The van der Waals surface area contributed by atoms with Gasteiger partial charge in [0.1, 0.15) is 63.1 Å². The topological polar surface area (TPSA) is 536 Å². The molecule has 0 unspecified atom stereocenters. The number of nitro groups is 4. The van der Waals surface area contributed by atoms with Crippen LogP contribution in [0.15, 0.2) is 97.7 Å². The van der Waals surface area contributed by atoms with Gasteiger partial charge in [0.05, 0.1) is 92.7 Å². The van der Waals surface area contributed by atoms with Gasteiger partial charge in [-0.2, -0.15) is 16.8 Å². The summed E-state index contributed by atoms with van der Waals surface area (Å²) < 4.78 is 74.7. The molecule has 5 aromatic carbocycles. The first kappa shape index (κ1) is 104. The molecule has 11 aromatic rings. The number of carbonyl (C=O) groups is 2. The van der Waals surface area contributed by atoms with Crippen molar-refractivity contribution < 1.29 is 73.5 Å². The second-order valence-electron chi connectivity index (χ2n) is 32.2. The summed E-state index contributed by atoms with van der Waals surface area (Å²) in [5.41, 5.74) is 34.9. The van der Waals surface area contributed by atoms with E-state index in [4.69, 9.17) is 61.4 Å². The van der Waals surface area contributed by atoms with Crippen LogP contribution in [-0.2, 0) is 63.4 Å². The SMILES string of the molecule is BrCC1CC1.CC(=O)CC(C)=O.CC1=Nc2c(Br)cc([N+](=O)[O-])cc2C1.CC1=Nc2c(cc(-c3c(C)noc3C)cc2[N+](=O)[O-])C1.Cc1noc(C)c1-c1cc(N)c2nc(C)n(CC3CC3)c2c1.Cc1noc(C)c1-c1cc([N+](=O)[O-])c2nc(C)n(CC3CC3)c2c1.Cc1noc(C)c1B1OC(C)(C)C(C)(C)O1.Nc1cc(Br)cc([N+](=O)[O-])c1N.O=S(=O)=S(=O)=O.[Na][Na]. The van der Waals surface area contributed by atoms with Gasteiger partial charge in [-0.3, -0.25) is 60.0 Å². The second-order valence-corrected chi connectivity index (χ2v) is 37.0. The number of aromatic nitrogens is 8. The Balaban J connectivity index is 0.000000184. The van der Waals surface area contributed by atoms with Gasteiger partial charge in [0, 0.05) is 99.6 Å². The van der Waals surface area contributed by atoms with E-state index in [-0.39, 0.29) is 80.3 Å². The molecule has 37 nitrogen and oxygen atoms in total. The molecule has 0 atom stereocenters. The molecule has 0 amide bonds. The fourth-order valence-electron chi connectivity index (χ4n) is 13.8. The van der Waals surface area contributed by atoms with Crippen LogP contribution in [0.25, 0.3) is 55.4 Å². The third-order valence-electron chi connectivity index (χ3n) is 21.2. The number of anilines is 3. The summed E-state index contributed by atoms with van der Waals surface area (Å²) in [7, 11) is -6.28. The number of imidazole rings is 2. The van der Waals surface area contributed by atoms with E-state index in [2.05, 4.69) is 110 Å². The van der Waals surface area contributed by atoms with Gasteiger partial charge in [0.15, 0.2) is 5.52 Å². The van der Waals surface area contributed by atoms with E-state index in [9.17, 15) is 50.0 Å². The van der Waals surface area contributed by atoms with Crippen LogP contribution in [-0.4, -0.2) is 167 Å². The number of nitro benzene ring substituents is 4. The molecule has 3 aliphatic carbocycles. The fraction of sp³-hybridized carbons (Fsp3) is 0.422. The molecular formula is C83H97BBr3N17Na2O20S2. The number of alkyl halides is 1.